The van der Waals surface area contributed by atoms with E-state index < -0.39 is 6.61 Å². The molecule has 1 N–H and O–H groups in total. The molecule has 0 aliphatic heterocycles. The fraction of sp³-hybridized carbons (Fsp3) is 0.261. The van der Waals surface area contributed by atoms with E-state index >= 15 is 0 Å². The van der Waals surface area contributed by atoms with Gasteiger partial charge in [0.05, 0.1) is 18.5 Å². The van der Waals surface area contributed by atoms with Crippen molar-refractivity contribution in [3.63, 3.8) is 0 Å². The van der Waals surface area contributed by atoms with Crippen LogP contribution in [0.2, 0.25) is 0 Å². The van der Waals surface area contributed by atoms with Gasteiger partial charge in [-0.15, -0.1) is 0 Å². The van der Waals surface area contributed by atoms with Crippen LogP contribution in [0.25, 0.3) is 5.69 Å². The standard InChI is InChI=1S/C23H23F2N3O4/c1-14-20(12-13-21(29)31-3)15(2)28(27-14)18-8-4-16(5-9-18)22(30)26-17-6-10-19(11-7-17)32-23(24)25/h4-11,23H,12-13H2,1-3H3,(H,26,30). The average Bonchev–Trinajstić information content (AvgIpc) is 3.06. The van der Waals surface area contributed by atoms with Crippen LogP contribution in [-0.4, -0.2) is 35.4 Å². The molecule has 1 aromatic heterocycles. The predicted molar refractivity (Wildman–Crippen MR) is 114 cm³/mol. The molecule has 0 saturated heterocycles. The van der Waals surface area contributed by atoms with Crippen molar-refractivity contribution in [3.05, 3.63) is 71.0 Å². The number of benzene rings is 2. The van der Waals surface area contributed by atoms with Crippen LogP contribution in [0.15, 0.2) is 48.5 Å². The number of amides is 1. The van der Waals surface area contributed by atoms with Crippen LogP contribution in [0.5, 0.6) is 5.75 Å². The number of methoxy groups -OCH3 is 1. The van der Waals surface area contributed by atoms with Gasteiger partial charge in [0.25, 0.3) is 5.91 Å². The van der Waals surface area contributed by atoms with E-state index in [1.165, 1.54) is 31.4 Å². The Morgan fingerprint density at radius 1 is 1.06 bits per heavy atom. The molecule has 3 rings (SSSR count). The highest BCUT2D eigenvalue weighted by atomic mass is 19.3. The normalized spacial score (nSPS) is 10.8. The molecule has 0 spiro atoms. The van der Waals surface area contributed by atoms with Crippen molar-refractivity contribution >= 4 is 17.6 Å². The second kappa shape index (κ2) is 10.0. The van der Waals surface area contributed by atoms with Crippen molar-refractivity contribution in [2.45, 2.75) is 33.3 Å². The lowest BCUT2D eigenvalue weighted by Gasteiger charge is -2.09. The van der Waals surface area contributed by atoms with Crippen LogP contribution >= 0.6 is 0 Å². The lowest BCUT2D eigenvalue weighted by molar-refractivity contribution is -0.140. The Hall–Kier alpha value is -3.75. The number of nitrogens with one attached hydrogen (secondary N) is 1. The molecule has 1 heterocycles. The van der Waals surface area contributed by atoms with Gasteiger partial charge >= 0.3 is 12.6 Å². The number of aryl methyl sites for hydroxylation is 1. The van der Waals surface area contributed by atoms with Gasteiger partial charge in [0, 0.05) is 23.4 Å². The molecule has 3 aromatic rings. The van der Waals surface area contributed by atoms with Gasteiger partial charge in [0.15, 0.2) is 0 Å². The van der Waals surface area contributed by atoms with Crippen molar-refractivity contribution in [2.75, 3.05) is 12.4 Å². The van der Waals surface area contributed by atoms with Crippen LogP contribution in [0.1, 0.15) is 33.7 Å². The summed E-state index contributed by atoms with van der Waals surface area (Å²) < 4.78 is 35.2. The number of carbonyl (C=O) groups excluding carboxylic acids is 2. The molecule has 168 valence electrons. The van der Waals surface area contributed by atoms with Gasteiger partial charge in [-0.2, -0.15) is 13.9 Å². The molecular weight excluding hydrogens is 420 g/mol. The maximum absolute atomic E-state index is 12.5. The number of esters is 1. The Labute approximate surface area is 184 Å². The molecule has 0 aliphatic rings. The molecule has 1 amide bonds. The number of carbonyl (C=O) groups is 2. The molecule has 0 fully saturated rings. The minimum atomic E-state index is -2.90. The fourth-order valence-electron chi connectivity index (χ4n) is 3.29. The minimum Gasteiger partial charge on any atom is -0.469 e. The maximum atomic E-state index is 12.5. The van der Waals surface area contributed by atoms with E-state index in [2.05, 4.69) is 15.2 Å². The molecule has 2 aromatic carbocycles. The number of rotatable bonds is 8. The van der Waals surface area contributed by atoms with Crippen molar-refractivity contribution < 1.29 is 27.8 Å². The van der Waals surface area contributed by atoms with Gasteiger partial charge < -0.3 is 14.8 Å². The van der Waals surface area contributed by atoms with Crippen LogP contribution in [0, 0.1) is 13.8 Å². The summed E-state index contributed by atoms with van der Waals surface area (Å²) in [5.74, 6) is -0.604. The lowest BCUT2D eigenvalue weighted by Crippen LogP contribution is -2.12. The predicted octanol–water partition coefficient (Wildman–Crippen LogP) is 4.45. The SMILES string of the molecule is COC(=O)CCc1c(C)nn(-c2ccc(C(=O)Nc3ccc(OC(F)F)cc3)cc2)c1C. The first kappa shape index (κ1) is 22.9. The molecule has 0 unspecified atom stereocenters. The van der Waals surface area contributed by atoms with Gasteiger partial charge in [0.2, 0.25) is 0 Å². The van der Waals surface area contributed by atoms with E-state index in [-0.39, 0.29) is 24.0 Å². The van der Waals surface area contributed by atoms with E-state index in [0.717, 1.165) is 22.6 Å². The van der Waals surface area contributed by atoms with Gasteiger partial charge in [-0.3, -0.25) is 9.59 Å². The monoisotopic (exact) mass is 443 g/mol. The fourth-order valence-corrected chi connectivity index (χ4v) is 3.29. The van der Waals surface area contributed by atoms with Crippen molar-refractivity contribution in [1.29, 1.82) is 0 Å². The summed E-state index contributed by atoms with van der Waals surface area (Å²) in [6, 6.07) is 12.6. The zero-order chi connectivity index (χ0) is 23.3. The third kappa shape index (κ3) is 5.48. The zero-order valence-corrected chi connectivity index (χ0v) is 17.9. The first-order valence-corrected chi connectivity index (χ1v) is 9.87. The number of hydrogen-bond acceptors (Lipinski definition) is 5. The lowest BCUT2D eigenvalue weighted by atomic mass is 10.1. The van der Waals surface area contributed by atoms with Crippen molar-refractivity contribution in [1.82, 2.24) is 9.78 Å². The Balaban J connectivity index is 1.69. The zero-order valence-electron chi connectivity index (χ0n) is 17.9. The van der Waals surface area contributed by atoms with Gasteiger partial charge in [-0.1, -0.05) is 0 Å². The van der Waals surface area contributed by atoms with Gasteiger partial charge in [0.1, 0.15) is 5.75 Å². The number of ether oxygens (including phenoxy) is 2. The third-order valence-electron chi connectivity index (χ3n) is 4.96. The molecule has 0 atom stereocenters. The Kier molecular flexibility index (Phi) is 7.19. The maximum Gasteiger partial charge on any atom is 0.387 e. The van der Waals surface area contributed by atoms with Crippen molar-refractivity contribution in [3.8, 4) is 11.4 Å². The number of aromatic nitrogens is 2. The van der Waals surface area contributed by atoms with Crippen LogP contribution in [-0.2, 0) is 16.0 Å². The first-order valence-electron chi connectivity index (χ1n) is 9.87. The molecule has 0 saturated carbocycles. The molecule has 0 bridgehead atoms. The molecule has 32 heavy (non-hydrogen) atoms. The van der Waals surface area contributed by atoms with E-state index in [1.54, 1.807) is 28.9 Å². The van der Waals surface area contributed by atoms with Crippen LogP contribution in [0.3, 0.4) is 0 Å². The Morgan fingerprint density at radius 2 is 1.72 bits per heavy atom. The smallest absolute Gasteiger partial charge is 0.387 e. The highest BCUT2D eigenvalue weighted by Gasteiger charge is 2.15. The van der Waals surface area contributed by atoms with E-state index in [4.69, 9.17) is 4.74 Å². The van der Waals surface area contributed by atoms with E-state index in [0.29, 0.717) is 17.7 Å². The second-order valence-corrected chi connectivity index (χ2v) is 7.04. The number of halogens is 2. The molecule has 9 heteroatoms. The van der Waals surface area contributed by atoms with Crippen molar-refractivity contribution in [2.24, 2.45) is 0 Å². The van der Waals surface area contributed by atoms with Gasteiger partial charge in [-0.05, 0) is 74.4 Å². The molecule has 0 aliphatic carbocycles. The Bertz CT molecular complexity index is 1090. The molecular formula is C23H23F2N3O4. The summed E-state index contributed by atoms with van der Waals surface area (Å²) in [6.07, 6.45) is 0.810. The highest BCUT2D eigenvalue weighted by molar-refractivity contribution is 6.04. The Morgan fingerprint density at radius 3 is 2.31 bits per heavy atom. The number of anilines is 1. The number of alkyl halides is 2. The van der Waals surface area contributed by atoms with Crippen LogP contribution < -0.4 is 10.1 Å². The third-order valence-corrected chi connectivity index (χ3v) is 4.96. The second-order valence-electron chi connectivity index (χ2n) is 7.04. The molecule has 0 radical (unpaired) electrons. The summed E-state index contributed by atoms with van der Waals surface area (Å²) in [5.41, 5.74) is 4.38. The summed E-state index contributed by atoms with van der Waals surface area (Å²) >= 11 is 0. The highest BCUT2D eigenvalue weighted by Crippen LogP contribution is 2.21. The van der Waals surface area contributed by atoms with Crippen LogP contribution in [0.4, 0.5) is 14.5 Å². The largest absolute Gasteiger partial charge is 0.469 e. The first-order chi connectivity index (χ1) is 15.3. The summed E-state index contributed by atoms with van der Waals surface area (Å²) in [6.45, 7) is 0.907. The molecule has 7 nitrogen and oxygen atoms in total. The summed E-state index contributed by atoms with van der Waals surface area (Å²) in [7, 11) is 1.36. The van der Waals surface area contributed by atoms with E-state index in [9.17, 15) is 18.4 Å². The number of hydrogen-bond donors (Lipinski definition) is 1. The topological polar surface area (TPSA) is 82.5 Å². The summed E-state index contributed by atoms with van der Waals surface area (Å²) in [4.78, 5) is 24.0. The average molecular weight is 443 g/mol. The van der Waals surface area contributed by atoms with E-state index in [1.807, 2.05) is 13.8 Å². The van der Waals surface area contributed by atoms with Gasteiger partial charge in [-0.25, -0.2) is 4.68 Å². The minimum absolute atomic E-state index is 0.0122. The summed E-state index contributed by atoms with van der Waals surface area (Å²) in [5, 5.41) is 7.26. The quantitative estimate of drug-likeness (QED) is 0.520. The number of nitrogens with zero attached hydrogens (tertiary/aromatic N) is 2.